The van der Waals surface area contributed by atoms with Gasteiger partial charge in [0, 0.05) is 87.0 Å². The molecule has 0 bridgehead atoms. The van der Waals surface area contributed by atoms with Crippen LogP contribution in [0.3, 0.4) is 0 Å². The lowest BCUT2D eigenvalue weighted by Crippen LogP contribution is -2.49. The lowest BCUT2D eigenvalue weighted by Gasteiger charge is -2.37. The molecular weight excluding hydrogens is 436 g/mol. The van der Waals surface area contributed by atoms with Crippen molar-refractivity contribution in [1.82, 2.24) is 24.8 Å². The van der Waals surface area contributed by atoms with E-state index in [0.717, 1.165) is 88.2 Å². The molecule has 0 N–H and O–H groups in total. The van der Waals surface area contributed by atoms with Crippen LogP contribution in [0.25, 0.3) is 22.6 Å². The standard InChI is InChI=1S/C25H29ClN6O/c26-22-5-3-20(4-6-22)23-18-24(29-25(28-23)21-2-1-7-27-19-21)32-12-10-30(11-13-32)8-9-31-14-16-33-17-15-31/h1-7,18-19H,8-17H2. The molecule has 2 fully saturated rings. The van der Waals surface area contributed by atoms with Gasteiger partial charge < -0.3 is 9.64 Å². The average Bonchev–Trinajstić information content (AvgIpc) is 2.89. The number of ether oxygens (including phenoxy) is 1. The molecular formula is C25H29ClN6O. The Morgan fingerprint density at radius 3 is 2.24 bits per heavy atom. The first-order chi connectivity index (χ1) is 16.2. The van der Waals surface area contributed by atoms with E-state index < -0.39 is 0 Å². The van der Waals surface area contributed by atoms with Gasteiger partial charge in [0.1, 0.15) is 5.82 Å². The topological polar surface area (TPSA) is 57.6 Å². The Labute approximate surface area is 200 Å². The Morgan fingerprint density at radius 1 is 0.818 bits per heavy atom. The minimum Gasteiger partial charge on any atom is -0.379 e. The van der Waals surface area contributed by atoms with Crippen LogP contribution in [-0.2, 0) is 4.74 Å². The highest BCUT2D eigenvalue weighted by atomic mass is 35.5. The van der Waals surface area contributed by atoms with Crippen molar-refractivity contribution in [2.24, 2.45) is 0 Å². The van der Waals surface area contributed by atoms with Crippen molar-refractivity contribution in [2.75, 3.05) is 70.5 Å². The zero-order valence-electron chi connectivity index (χ0n) is 18.7. The van der Waals surface area contributed by atoms with Crippen LogP contribution in [0.1, 0.15) is 0 Å². The van der Waals surface area contributed by atoms with Gasteiger partial charge in [-0.2, -0.15) is 0 Å². The molecule has 4 heterocycles. The first-order valence-corrected chi connectivity index (χ1v) is 12.0. The monoisotopic (exact) mass is 464 g/mol. The van der Waals surface area contributed by atoms with E-state index in [1.165, 1.54) is 0 Å². The van der Waals surface area contributed by atoms with Crippen LogP contribution in [0.4, 0.5) is 5.82 Å². The predicted octanol–water partition coefficient (Wildman–Crippen LogP) is 3.31. The Balaban J connectivity index is 1.32. The fraction of sp³-hybridized carbons (Fsp3) is 0.400. The quantitative estimate of drug-likeness (QED) is 0.554. The van der Waals surface area contributed by atoms with Gasteiger partial charge in [-0.25, -0.2) is 9.97 Å². The van der Waals surface area contributed by atoms with Crippen molar-refractivity contribution in [3.05, 3.63) is 59.9 Å². The molecule has 7 nitrogen and oxygen atoms in total. The van der Waals surface area contributed by atoms with Gasteiger partial charge in [-0.3, -0.25) is 14.8 Å². The fourth-order valence-electron chi connectivity index (χ4n) is 4.30. The number of hydrogen-bond acceptors (Lipinski definition) is 7. The van der Waals surface area contributed by atoms with E-state index in [2.05, 4.69) is 25.8 Å². The lowest BCUT2D eigenvalue weighted by molar-refractivity contribution is 0.0331. The van der Waals surface area contributed by atoms with Crippen molar-refractivity contribution in [3.8, 4) is 22.6 Å². The maximum atomic E-state index is 6.11. The Morgan fingerprint density at radius 2 is 1.55 bits per heavy atom. The van der Waals surface area contributed by atoms with Gasteiger partial charge in [0.2, 0.25) is 0 Å². The Bertz CT molecular complexity index is 1030. The summed E-state index contributed by atoms with van der Waals surface area (Å²) < 4.78 is 5.46. The molecule has 0 aliphatic carbocycles. The SMILES string of the molecule is Clc1ccc(-c2cc(N3CCN(CCN4CCOCC4)CC3)nc(-c3cccnc3)n2)cc1. The highest BCUT2D eigenvalue weighted by Gasteiger charge is 2.21. The summed E-state index contributed by atoms with van der Waals surface area (Å²) in [4.78, 5) is 21.4. The smallest absolute Gasteiger partial charge is 0.163 e. The normalized spacial score (nSPS) is 17.9. The summed E-state index contributed by atoms with van der Waals surface area (Å²) in [5.74, 6) is 1.65. The Kier molecular flexibility index (Phi) is 7.12. The van der Waals surface area contributed by atoms with Crippen LogP contribution >= 0.6 is 11.6 Å². The summed E-state index contributed by atoms with van der Waals surface area (Å²) in [5, 5.41) is 0.716. The molecule has 0 amide bonds. The van der Waals surface area contributed by atoms with Gasteiger partial charge in [0.15, 0.2) is 5.82 Å². The summed E-state index contributed by atoms with van der Waals surface area (Å²) in [6.45, 7) is 10.0. The zero-order chi connectivity index (χ0) is 22.5. The molecule has 8 heteroatoms. The van der Waals surface area contributed by atoms with Crippen molar-refractivity contribution < 1.29 is 4.74 Å². The highest BCUT2D eigenvalue weighted by Crippen LogP contribution is 2.27. The second kappa shape index (κ2) is 10.6. The molecule has 0 atom stereocenters. The third kappa shape index (κ3) is 5.68. The number of hydrogen-bond donors (Lipinski definition) is 0. The molecule has 0 spiro atoms. The fourth-order valence-corrected chi connectivity index (χ4v) is 4.42. The molecule has 3 aromatic rings. The van der Waals surface area contributed by atoms with Crippen molar-refractivity contribution in [1.29, 1.82) is 0 Å². The second-order valence-electron chi connectivity index (χ2n) is 8.47. The molecule has 0 radical (unpaired) electrons. The number of pyridine rings is 1. The first kappa shape index (κ1) is 22.2. The predicted molar refractivity (Wildman–Crippen MR) is 132 cm³/mol. The number of benzene rings is 1. The molecule has 33 heavy (non-hydrogen) atoms. The summed E-state index contributed by atoms with van der Waals surface area (Å²) in [6, 6.07) is 13.8. The summed E-state index contributed by atoms with van der Waals surface area (Å²) in [6.07, 6.45) is 3.58. The van der Waals surface area contributed by atoms with E-state index in [4.69, 9.17) is 26.3 Å². The van der Waals surface area contributed by atoms with Gasteiger partial charge in [0.05, 0.1) is 18.9 Å². The third-order valence-electron chi connectivity index (χ3n) is 6.30. The van der Waals surface area contributed by atoms with Gasteiger partial charge in [-0.15, -0.1) is 0 Å². The number of rotatable bonds is 6. The lowest BCUT2D eigenvalue weighted by atomic mass is 10.1. The van der Waals surface area contributed by atoms with Crippen molar-refractivity contribution in [3.63, 3.8) is 0 Å². The summed E-state index contributed by atoms with van der Waals surface area (Å²) in [7, 11) is 0. The molecule has 1 aromatic carbocycles. The van der Waals surface area contributed by atoms with Gasteiger partial charge in [-0.1, -0.05) is 23.7 Å². The van der Waals surface area contributed by atoms with Crippen LogP contribution < -0.4 is 4.90 Å². The second-order valence-corrected chi connectivity index (χ2v) is 8.90. The molecule has 0 unspecified atom stereocenters. The first-order valence-electron chi connectivity index (χ1n) is 11.6. The van der Waals surface area contributed by atoms with Crippen LogP contribution in [0.2, 0.25) is 5.02 Å². The summed E-state index contributed by atoms with van der Waals surface area (Å²) >= 11 is 6.11. The maximum absolute atomic E-state index is 6.11. The maximum Gasteiger partial charge on any atom is 0.163 e. The van der Waals surface area contributed by atoms with Crippen molar-refractivity contribution >= 4 is 17.4 Å². The Hall–Kier alpha value is -2.58. The van der Waals surface area contributed by atoms with Gasteiger partial charge in [-0.05, 0) is 24.3 Å². The minimum absolute atomic E-state index is 0.695. The van der Waals surface area contributed by atoms with E-state index in [-0.39, 0.29) is 0 Å². The minimum atomic E-state index is 0.695. The van der Waals surface area contributed by atoms with Gasteiger partial charge >= 0.3 is 0 Å². The number of halogens is 1. The molecule has 2 aromatic heterocycles. The van der Waals surface area contributed by atoms with Crippen LogP contribution in [0.15, 0.2) is 54.9 Å². The highest BCUT2D eigenvalue weighted by molar-refractivity contribution is 6.30. The molecule has 172 valence electrons. The van der Waals surface area contributed by atoms with E-state index in [1.54, 1.807) is 6.20 Å². The van der Waals surface area contributed by atoms with E-state index in [0.29, 0.717) is 10.8 Å². The van der Waals surface area contributed by atoms with E-state index in [1.807, 2.05) is 42.6 Å². The molecule has 5 rings (SSSR count). The number of aromatic nitrogens is 3. The van der Waals surface area contributed by atoms with Crippen LogP contribution in [0.5, 0.6) is 0 Å². The molecule has 2 aliphatic heterocycles. The molecule has 2 saturated heterocycles. The summed E-state index contributed by atoms with van der Waals surface area (Å²) in [5.41, 5.74) is 2.83. The van der Waals surface area contributed by atoms with Gasteiger partial charge in [0.25, 0.3) is 0 Å². The molecule has 2 aliphatic rings. The molecule has 0 saturated carbocycles. The number of anilines is 1. The number of nitrogens with zero attached hydrogens (tertiary/aromatic N) is 6. The van der Waals surface area contributed by atoms with E-state index >= 15 is 0 Å². The van der Waals surface area contributed by atoms with E-state index in [9.17, 15) is 0 Å². The van der Waals surface area contributed by atoms with Crippen LogP contribution in [-0.4, -0.2) is 90.3 Å². The van der Waals surface area contributed by atoms with Crippen LogP contribution in [0, 0.1) is 0 Å². The zero-order valence-corrected chi connectivity index (χ0v) is 19.5. The average molecular weight is 465 g/mol. The number of piperazine rings is 1. The van der Waals surface area contributed by atoms with Crippen molar-refractivity contribution in [2.45, 2.75) is 0 Å². The largest absolute Gasteiger partial charge is 0.379 e. The third-order valence-corrected chi connectivity index (χ3v) is 6.56. The number of morpholine rings is 1.